The number of rotatable bonds is 8. The minimum absolute atomic E-state index is 0.210. The second-order valence-corrected chi connectivity index (χ2v) is 4.03. The first-order chi connectivity index (χ1) is 6.57. The van der Waals surface area contributed by atoms with Crippen molar-refractivity contribution in [2.45, 2.75) is 52.5 Å². The summed E-state index contributed by atoms with van der Waals surface area (Å²) in [6, 6.07) is 0.556. The molecule has 0 saturated heterocycles. The van der Waals surface area contributed by atoms with Crippen LogP contribution in [0.2, 0.25) is 0 Å². The first-order valence-corrected chi connectivity index (χ1v) is 5.54. The van der Waals surface area contributed by atoms with E-state index in [1.165, 1.54) is 12.8 Å². The summed E-state index contributed by atoms with van der Waals surface area (Å²) in [6.45, 7) is 7.03. The van der Waals surface area contributed by atoms with E-state index in [0.29, 0.717) is 6.04 Å². The van der Waals surface area contributed by atoms with Crippen LogP contribution in [0.25, 0.3) is 0 Å². The lowest BCUT2D eigenvalue weighted by Gasteiger charge is -2.13. The number of aliphatic carboxylic acids is 1. The fraction of sp³-hybridized carbons (Fsp3) is 0.909. The van der Waals surface area contributed by atoms with Gasteiger partial charge in [-0.05, 0) is 32.7 Å². The van der Waals surface area contributed by atoms with Crippen LogP contribution in [0.4, 0.5) is 0 Å². The van der Waals surface area contributed by atoms with E-state index in [2.05, 4.69) is 19.2 Å². The van der Waals surface area contributed by atoms with Crippen LogP contribution < -0.4 is 5.32 Å². The van der Waals surface area contributed by atoms with E-state index in [1.54, 1.807) is 6.92 Å². The molecule has 0 rings (SSSR count). The maximum absolute atomic E-state index is 10.5. The van der Waals surface area contributed by atoms with Gasteiger partial charge in [0, 0.05) is 6.04 Å². The largest absolute Gasteiger partial charge is 0.481 e. The monoisotopic (exact) mass is 201 g/mol. The van der Waals surface area contributed by atoms with E-state index >= 15 is 0 Å². The standard InChI is InChI=1S/C11H23NO2/c1-4-6-10(3)12-8-5-7-9(2)11(13)14/h9-10,12H,4-8H2,1-3H3,(H,13,14). The summed E-state index contributed by atoms with van der Waals surface area (Å²) in [5, 5.41) is 12.0. The Morgan fingerprint density at radius 1 is 1.36 bits per heavy atom. The fourth-order valence-electron chi connectivity index (χ4n) is 1.42. The van der Waals surface area contributed by atoms with Gasteiger partial charge >= 0.3 is 5.97 Å². The van der Waals surface area contributed by atoms with Crippen molar-refractivity contribution in [2.75, 3.05) is 6.54 Å². The molecule has 0 aliphatic heterocycles. The Hall–Kier alpha value is -0.570. The van der Waals surface area contributed by atoms with Crippen LogP contribution in [-0.2, 0) is 4.79 Å². The lowest BCUT2D eigenvalue weighted by atomic mass is 10.1. The highest BCUT2D eigenvalue weighted by Crippen LogP contribution is 2.04. The third-order valence-corrected chi connectivity index (χ3v) is 2.45. The molecule has 2 atom stereocenters. The van der Waals surface area contributed by atoms with Crippen LogP contribution in [0, 0.1) is 5.92 Å². The van der Waals surface area contributed by atoms with E-state index in [4.69, 9.17) is 5.11 Å². The first kappa shape index (κ1) is 13.4. The van der Waals surface area contributed by atoms with Crippen molar-refractivity contribution in [2.24, 2.45) is 5.92 Å². The van der Waals surface area contributed by atoms with Crippen LogP contribution in [0.15, 0.2) is 0 Å². The summed E-state index contributed by atoms with van der Waals surface area (Å²) >= 11 is 0. The molecule has 2 unspecified atom stereocenters. The normalized spacial score (nSPS) is 15.1. The predicted molar refractivity (Wildman–Crippen MR) is 58.4 cm³/mol. The van der Waals surface area contributed by atoms with E-state index in [-0.39, 0.29) is 5.92 Å². The fourth-order valence-corrected chi connectivity index (χ4v) is 1.42. The van der Waals surface area contributed by atoms with Gasteiger partial charge in [0.05, 0.1) is 5.92 Å². The smallest absolute Gasteiger partial charge is 0.306 e. The SMILES string of the molecule is CCCC(C)NCCCC(C)C(=O)O. The molecule has 0 aliphatic carbocycles. The van der Waals surface area contributed by atoms with Gasteiger partial charge in [0.1, 0.15) is 0 Å². The minimum atomic E-state index is -0.688. The molecule has 0 spiro atoms. The third kappa shape index (κ3) is 6.89. The maximum Gasteiger partial charge on any atom is 0.306 e. The van der Waals surface area contributed by atoms with Gasteiger partial charge in [0.2, 0.25) is 0 Å². The lowest BCUT2D eigenvalue weighted by molar-refractivity contribution is -0.141. The molecule has 0 radical (unpaired) electrons. The Labute approximate surface area is 86.9 Å². The Morgan fingerprint density at radius 2 is 2.00 bits per heavy atom. The van der Waals surface area contributed by atoms with E-state index in [9.17, 15) is 4.79 Å². The van der Waals surface area contributed by atoms with Crippen molar-refractivity contribution in [1.29, 1.82) is 0 Å². The Morgan fingerprint density at radius 3 is 2.50 bits per heavy atom. The molecular formula is C11H23NO2. The first-order valence-electron chi connectivity index (χ1n) is 5.54. The van der Waals surface area contributed by atoms with Gasteiger partial charge in [-0.3, -0.25) is 4.79 Å². The van der Waals surface area contributed by atoms with Crippen LogP contribution in [-0.4, -0.2) is 23.7 Å². The van der Waals surface area contributed by atoms with Crippen LogP contribution in [0.3, 0.4) is 0 Å². The van der Waals surface area contributed by atoms with Crippen molar-refractivity contribution < 1.29 is 9.90 Å². The predicted octanol–water partition coefficient (Wildman–Crippen LogP) is 2.27. The summed E-state index contributed by atoms with van der Waals surface area (Å²) in [6.07, 6.45) is 4.09. The molecule has 0 aromatic rings. The molecule has 3 heteroatoms. The van der Waals surface area contributed by atoms with Gasteiger partial charge in [-0.15, -0.1) is 0 Å². The summed E-state index contributed by atoms with van der Waals surface area (Å²) < 4.78 is 0. The molecule has 0 saturated carbocycles. The zero-order valence-corrected chi connectivity index (χ0v) is 9.55. The highest BCUT2D eigenvalue weighted by atomic mass is 16.4. The molecule has 0 fully saturated rings. The minimum Gasteiger partial charge on any atom is -0.481 e. The van der Waals surface area contributed by atoms with Crippen LogP contribution in [0.1, 0.15) is 46.5 Å². The highest BCUT2D eigenvalue weighted by molar-refractivity contribution is 5.69. The Balaban J connectivity index is 3.33. The second-order valence-electron chi connectivity index (χ2n) is 4.03. The van der Waals surface area contributed by atoms with Gasteiger partial charge in [-0.25, -0.2) is 0 Å². The number of carbonyl (C=O) groups is 1. The van der Waals surface area contributed by atoms with E-state index < -0.39 is 5.97 Å². The molecule has 0 aromatic heterocycles. The van der Waals surface area contributed by atoms with Crippen LogP contribution in [0.5, 0.6) is 0 Å². The maximum atomic E-state index is 10.5. The molecule has 0 bridgehead atoms. The van der Waals surface area contributed by atoms with E-state index in [1.807, 2.05) is 0 Å². The Bertz CT molecular complexity index is 159. The quantitative estimate of drug-likeness (QED) is 0.592. The van der Waals surface area contributed by atoms with Crippen molar-refractivity contribution in [3.05, 3.63) is 0 Å². The van der Waals surface area contributed by atoms with Gasteiger partial charge in [0.25, 0.3) is 0 Å². The average Bonchev–Trinajstić information content (AvgIpc) is 2.12. The number of carboxylic acid groups (broad SMARTS) is 1. The zero-order valence-electron chi connectivity index (χ0n) is 9.55. The molecule has 0 aromatic carbocycles. The van der Waals surface area contributed by atoms with Crippen molar-refractivity contribution in [3.63, 3.8) is 0 Å². The second kappa shape index (κ2) is 7.80. The topological polar surface area (TPSA) is 49.3 Å². The highest BCUT2D eigenvalue weighted by Gasteiger charge is 2.09. The molecule has 3 nitrogen and oxygen atoms in total. The van der Waals surface area contributed by atoms with E-state index in [0.717, 1.165) is 19.4 Å². The van der Waals surface area contributed by atoms with Gasteiger partial charge in [-0.1, -0.05) is 20.3 Å². The molecule has 0 heterocycles. The molecule has 0 aliphatic rings. The Kier molecular flexibility index (Phi) is 7.48. The number of hydrogen-bond acceptors (Lipinski definition) is 2. The summed E-state index contributed by atoms with van der Waals surface area (Å²) in [4.78, 5) is 10.5. The van der Waals surface area contributed by atoms with Crippen LogP contribution >= 0.6 is 0 Å². The molecule has 0 amide bonds. The van der Waals surface area contributed by atoms with Gasteiger partial charge in [0.15, 0.2) is 0 Å². The van der Waals surface area contributed by atoms with Gasteiger partial charge < -0.3 is 10.4 Å². The summed E-state index contributed by atoms with van der Waals surface area (Å²) in [7, 11) is 0. The lowest BCUT2D eigenvalue weighted by Crippen LogP contribution is -2.27. The summed E-state index contributed by atoms with van der Waals surface area (Å²) in [5.74, 6) is -0.898. The summed E-state index contributed by atoms with van der Waals surface area (Å²) in [5.41, 5.74) is 0. The van der Waals surface area contributed by atoms with Crippen molar-refractivity contribution >= 4 is 5.97 Å². The van der Waals surface area contributed by atoms with Crippen molar-refractivity contribution in [1.82, 2.24) is 5.32 Å². The number of carboxylic acids is 1. The molecule has 84 valence electrons. The molecular weight excluding hydrogens is 178 g/mol. The molecule has 14 heavy (non-hydrogen) atoms. The van der Waals surface area contributed by atoms with Crippen molar-refractivity contribution in [3.8, 4) is 0 Å². The number of hydrogen-bond donors (Lipinski definition) is 2. The average molecular weight is 201 g/mol. The zero-order chi connectivity index (χ0) is 11.0. The number of nitrogens with one attached hydrogen (secondary N) is 1. The van der Waals surface area contributed by atoms with Gasteiger partial charge in [-0.2, -0.15) is 0 Å². The third-order valence-electron chi connectivity index (χ3n) is 2.45. The molecule has 2 N–H and O–H groups in total.